The van der Waals surface area contributed by atoms with Crippen LogP contribution in [-0.4, -0.2) is 62.1 Å². The Hall–Kier alpha value is -5.47. The van der Waals surface area contributed by atoms with E-state index in [0.29, 0.717) is 0 Å². The van der Waals surface area contributed by atoms with Gasteiger partial charge in [-0.3, -0.25) is 5.43 Å². The van der Waals surface area contributed by atoms with Crippen LogP contribution in [0.15, 0.2) is 138 Å². The van der Waals surface area contributed by atoms with Crippen molar-refractivity contribution in [2.24, 2.45) is 5.10 Å². The molecule has 0 amide bonds. The number of nitrogens with zero attached hydrogens (tertiary/aromatic N) is 5. The van der Waals surface area contributed by atoms with Crippen LogP contribution in [0.4, 0.5) is 22.7 Å². The lowest BCUT2D eigenvalue weighted by molar-refractivity contribution is 0.527. The summed E-state index contributed by atoms with van der Waals surface area (Å²) < 4.78 is 0. The van der Waals surface area contributed by atoms with Crippen molar-refractivity contribution in [2.75, 3.05) is 76.0 Å². The van der Waals surface area contributed by atoms with Gasteiger partial charge in [0.05, 0.1) is 17.8 Å². The van der Waals surface area contributed by atoms with Crippen molar-refractivity contribution in [3.05, 3.63) is 155 Å². The van der Waals surface area contributed by atoms with Crippen molar-refractivity contribution in [1.82, 2.24) is 16.3 Å². The monoisotopic (exact) mass is 668 g/mol. The molecule has 5 rings (SSSR count). The molecule has 0 aliphatic heterocycles. The van der Waals surface area contributed by atoms with Gasteiger partial charge in [-0.25, -0.2) is 5.43 Å². The summed E-state index contributed by atoms with van der Waals surface area (Å²) >= 11 is 0. The summed E-state index contributed by atoms with van der Waals surface area (Å²) in [7, 11) is 16.5. The third-order valence-electron chi connectivity index (χ3n) is 8.86. The predicted molar refractivity (Wildman–Crippen MR) is 215 cm³/mol. The van der Waals surface area contributed by atoms with Crippen LogP contribution in [0.3, 0.4) is 0 Å². The molecule has 1 aliphatic carbocycles. The van der Waals surface area contributed by atoms with E-state index in [1.807, 2.05) is 12.2 Å². The molecule has 3 N–H and O–H groups in total. The Morgan fingerprint density at radius 2 is 0.880 bits per heavy atom. The third-order valence-corrected chi connectivity index (χ3v) is 8.86. The fraction of sp³-hybridized carbons (Fsp3) is 0.262. The molecule has 8 heteroatoms. The first-order valence-electron chi connectivity index (χ1n) is 17.1. The Morgan fingerprint density at radius 3 is 1.26 bits per heavy atom. The second-order valence-corrected chi connectivity index (χ2v) is 13.4. The Morgan fingerprint density at radius 1 is 0.500 bits per heavy atom. The van der Waals surface area contributed by atoms with E-state index in [9.17, 15) is 0 Å². The maximum Gasteiger partial charge on any atom is 0.0940 e. The lowest BCUT2D eigenvalue weighted by Crippen LogP contribution is -2.35. The lowest BCUT2D eigenvalue weighted by atomic mass is 9.98. The largest absolute Gasteiger partial charge is 0.378 e. The van der Waals surface area contributed by atoms with Crippen molar-refractivity contribution in [2.45, 2.75) is 18.5 Å². The topological polar surface area (TPSA) is 61.4 Å². The molecule has 0 saturated heterocycles. The maximum atomic E-state index is 4.87. The van der Waals surface area contributed by atoms with E-state index in [-0.39, 0.29) is 12.1 Å². The fourth-order valence-corrected chi connectivity index (χ4v) is 5.72. The number of anilines is 4. The minimum Gasteiger partial charge on any atom is -0.378 e. The summed E-state index contributed by atoms with van der Waals surface area (Å²) in [6, 6.07) is 34.6. The lowest BCUT2D eigenvalue weighted by Gasteiger charge is -2.24. The second kappa shape index (κ2) is 16.8. The summed E-state index contributed by atoms with van der Waals surface area (Å²) in [5, 5.41) is 4.87. The highest BCUT2D eigenvalue weighted by molar-refractivity contribution is 6.04. The number of nitrogens with one attached hydrogen (secondary N) is 3. The number of hydrogen-bond acceptors (Lipinski definition) is 8. The average Bonchev–Trinajstić information content (AvgIpc) is 3.10. The van der Waals surface area contributed by atoms with Crippen molar-refractivity contribution >= 4 is 28.5 Å². The van der Waals surface area contributed by atoms with Crippen LogP contribution >= 0.6 is 0 Å². The summed E-state index contributed by atoms with van der Waals surface area (Å²) in [6.07, 6.45) is 11.1. The minimum absolute atomic E-state index is 0.0430. The smallest absolute Gasteiger partial charge is 0.0940 e. The van der Waals surface area contributed by atoms with Crippen LogP contribution in [-0.2, 0) is 0 Å². The van der Waals surface area contributed by atoms with Crippen molar-refractivity contribution in [1.29, 1.82) is 0 Å². The Labute approximate surface area is 299 Å². The standard InChI is InChI=1S/C42H52N8/c1-47(2)37-23-15-31(16-24-37)41(32-17-25-38(26-18-32)48(3)4)45-43-35-11-9-13-36(14-10-12-35)44-46-42(33-19-27-39(28-20-33)49(5)6)34-21-29-40(30-22-34)50(7)8/h9-13,15-30,41-42,44-46H,14H2,1-8H3. The van der Waals surface area contributed by atoms with E-state index in [1.165, 1.54) is 22.5 Å². The Kier molecular flexibility index (Phi) is 12.0. The highest BCUT2D eigenvalue weighted by atomic mass is 15.4. The van der Waals surface area contributed by atoms with E-state index < -0.39 is 0 Å². The van der Waals surface area contributed by atoms with Crippen molar-refractivity contribution in [3.8, 4) is 0 Å². The number of allylic oxidation sites excluding steroid dienone is 5. The molecule has 0 atom stereocenters. The van der Waals surface area contributed by atoms with Gasteiger partial charge in [-0.15, -0.1) is 0 Å². The normalized spacial score (nSPS) is 13.6. The second-order valence-electron chi connectivity index (χ2n) is 13.4. The number of benzene rings is 4. The highest BCUT2D eigenvalue weighted by Crippen LogP contribution is 2.28. The molecule has 0 heterocycles. The van der Waals surface area contributed by atoms with E-state index in [1.54, 1.807) is 0 Å². The summed E-state index contributed by atoms with van der Waals surface area (Å²) in [5.74, 6) is 0. The summed E-state index contributed by atoms with van der Waals surface area (Å²) in [4.78, 5) is 8.46. The van der Waals surface area contributed by atoms with Gasteiger partial charge in [0.15, 0.2) is 0 Å². The molecule has 0 aromatic heterocycles. The van der Waals surface area contributed by atoms with Gasteiger partial charge in [-0.05, 0) is 89.0 Å². The van der Waals surface area contributed by atoms with Gasteiger partial charge < -0.3 is 25.0 Å². The van der Waals surface area contributed by atoms with Crippen LogP contribution in [0.1, 0.15) is 40.8 Å². The quantitative estimate of drug-likeness (QED) is 0.130. The molecule has 0 radical (unpaired) electrons. The molecule has 50 heavy (non-hydrogen) atoms. The fourth-order valence-electron chi connectivity index (χ4n) is 5.72. The molecule has 1 aliphatic rings. The Balaban J connectivity index is 1.32. The van der Waals surface area contributed by atoms with Gasteiger partial charge in [0.25, 0.3) is 0 Å². The van der Waals surface area contributed by atoms with Crippen LogP contribution in [0.2, 0.25) is 0 Å². The van der Waals surface area contributed by atoms with Gasteiger partial charge in [0, 0.05) is 91.2 Å². The third kappa shape index (κ3) is 9.36. The zero-order valence-corrected chi connectivity index (χ0v) is 30.7. The molecule has 0 fully saturated rings. The van der Waals surface area contributed by atoms with Crippen molar-refractivity contribution < 1.29 is 0 Å². The molecule has 8 nitrogen and oxygen atoms in total. The number of rotatable bonds is 13. The highest BCUT2D eigenvalue weighted by Gasteiger charge is 2.16. The molecular formula is C42H52N8. The molecular weight excluding hydrogens is 617 g/mol. The first-order valence-corrected chi connectivity index (χ1v) is 17.1. The van der Waals surface area contributed by atoms with E-state index in [2.05, 4.69) is 208 Å². The van der Waals surface area contributed by atoms with Crippen LogP contribution in [0.25, 0.3) is 0 Å². The van der Waals surface area contributed by atoms with E-state index in [4.69, 9.17) is 5.10 Å². The molecule has 0 saturated carbocycles. The summed E-state index contributed by atoms with van der Waals surface area (Å²) in [5.41, 5.74) is 21.9. The number of hydrogen-bond donors (Lipinski definition) is 3. The van der Waals surface area contributed by atoms with E-state index >= 15 is 0 Å². The van der Waals surface area contributed by atoms with Crippen LogP contribution in [0.5, 0.6) is 0 Å². The molecule has 4 aromatic carbocycles. The first kappa shape index (κ1) is 35.8. The molecule has 4 aromatic rings. The van der Waals surface area contributed by atoms with E-state index in [0.717, 1.165) is 40.3 Å². The maximum absolute atomic E-state index is 4.87. The average molecular weight is 669 g/mol. The van der Waals surface area contributed by atoms with Gasteiger partial charge >= 0.3 is 0 Å². The zero-order chi connectivity index (χ0) is 35.6. The van der Waals surface area contributed by atoms with Gasteiger partial charge in [-0.2, -0.15) is 5.10 Å². The zero-order valence-electron chi connectivity index (χ0n) is 30.7. The minimum atomic E-state index is -0.102. The summed E-state index contributed by atoms with van der Waals surface area (Å²) in [6.45, 7) is 0. The molecule has 0 bridgehead atoms. The number of hydrazine groups is 1. The molecule has 0 unspecified atom stereocenters. The van der Waals surface area contributed by atoms with Crippen LogP contribution in [0, 0.1) is 0 Å². The predicted octanol–water partition coefficient (Wildman–Crippen LogP) is 7.27. The molecule has 0 spiro atoms. The number of hydrazone groups is 1. The van der Waals surface area contributed by atoms with Gasteiger partial charge in [0.1, 0.15) is 0 Å². The SMILES string of the molecule is CN(C)c1ccc(C(NN=C2C=CC=C(NNC(c3ccc(N(C)C)cc3)c3ccc(N(C)C)cc3)CC=C2)c2ccc(N(C)C)cc2)cc1. The van der Waals surface area contributed by atoms with Gasteiger partial charge in [-0.1, -0.05) is 60.7 Å². The first-order chi connectivity index (χ1) is 24.1. The van der Waals surface area contributed by atoms with Crippen LogP contribution < -0.4 is 35.9 Å². The molecule has 260 valence electrons. The Bertz CT molecular complexity index is 1680. The van der Waals surface area contributed by atoms with Gasteiger partial charge in [0.2, 0.25) is 0 Å². The van der Waals surface area contributed by atoms with Crippen molar-refractivity contribution in [3.63, 3.8) is 0 Å².